The van der Waals surface area contributed by atoms with Crippen LogP contribution in [0.15, 0.2) is 54.6 Å². The first kappa shape index (κ1) is 15.9. The first-order chi connectivity index (χ1) is 10.7. The number of alkyl carbamates (subject to hydrolysis) is 1. The molecule has 2 rings (SSSR count). The van der Waals surface area contributed by atoms with Crippen molar-refractivity contribution in [1.29, 1.82) is 0 Å². The average Bonchev–Trinajstić information content (AvgIpc) is 2.58. The molecule has 0 aliphatic heterocycles. The number of carbonyl (C=O) groups is 1. The van der Waals surface area contributed by atoms with E-state index in [0.717, 1.165) is 11.1 Å². The summed E-state index contributed by atoms with van der Waals surface area (Å²) in [5.74, 6) is 0.662. The number of hydrogen-bond donors (Lipinski definition) is 2. The molecule has 0 fully saturated rings. The second-order valence-corrected chi connectivity index (χ2v) is 4.72. The predicted molar refractivity (Wildman–Crippen MR) is 82.6 cm³/mol. The Morgan fingerprint density at radius 1 is 1.18 bits per heavy atom. The van der Waals surface area contributed by atoms with Crippen molar-refractivity contribution < 1.29 is 19.4 Å². The number of rotatable bonds is 6. The normalized spacial score (nSPS) is 11.5. The van der Waals surface area contributed by atoms with E-state index in [9.17, 15) is 9.90 Å². The topological polar surface area (TPSA) is 67.8 Å². The summed E-state index contributed by atoms with van der Waals surface area (Å²) in [5.41, 5.74) is 1.65. The first-order valence-corrected chi connectivity index (χ1v) is 6.95. The third kappa shape index (κ3) is 4.49. The molecule has 0 aliphatic carbocycles. The van der Waals surface area contributed by atoms with Gasteiger partial charge in [0.15, 0.2) is 0 Å². The zero-order valence-electron chi connectivity index (χ0n) is 12.4. The number of carbonyl (C=O) groups excluding carboxylic acids is 1. The van der Waals surface area contributed by atoms with Crippen LogP contribution in [-0.4, -0.2) is 24.9 Å². The van der Waals surface area contributed by atoms with Crippen LogP contribution in [0.25, 0.3) is 0 Å². The Morgan fingerprint density at radius 3 is 2.64 bits per heavy atom. The van der Waals surface area contributed by atoms with E-state index in [4.69, 9.17) is 9.47 Å². The van der Waals surface area contributed by atoms with Gasteiger partial charge in [-0.15, -0.1) is 0 Å². The number of methoxy groups -OCH3 is 1. The molecular formula is C17H19NO4. The minimum Gasteiger partial charge on any atom is -0.497 e. The molecule has 2 N–H and O–H groups in total. The summed E-state index contributed by atoms with van der Waals surface area (Å²) >= 11 is 0. The fourth-order valence-corrected chi connectivity index (χ4v) is 2.00. The molecule has 0 radical (unpaired) electrons. The van der Waals surface area contributed by atoms with Gasteiger partial charge in [0.1, 0.15) is 12.4 Å². The Morgan fingerprint density at radius 2 is 1.95 bits per heavy atom. The predicted octanol–water partition coefficient (Wildman–Crippen LogP) is 2.66. The average molecular weight is 301 g/mol. The standard InChI is InChI=1S/C17H19NO4/c1-21-15-9-5-8-14(10-15)16(11-19)18-17(20)22-12-13-6-3-2-4-7-13/h2-10,16,19H,11-12H2,1H3,(H,18,20). The summed E-state index contributed by atoms with van der Waals surface area (Å²) in [4.78, 5) is 11.8. The number of ether oxygens (including phenoxy) is 2. The molecule has 0 saturated carbocycles. The van der Waals surface area contributed by atoms with Crippen LogP contribution in [0.5, 0.6) is 5.75 Å². The molecular weight excluding hydrogens is 282 g/mol. The second kappa shape index (κ2) is 8.05. The lowest BCUT2D eigenvalue weighted by molar-refractivity contribution is 0.129. The van der Waals surface area contributed by atoms with Crippen molar-refractivity contribution in [2.75, 3.05) is 13.7 Å². The molecule has 5 nitrogen and oxygen atoms in total. The molecule has 0 aliphatic rings. The smallest absolute Gasteiger partial charge is 0.408 e. The Bertz CT molecular complexity index is 601. The van der Waals surface area contributed by atoms with E-state index in [1.807, 2.05) is 30.3 Å². The highest BCUT2D eigenvalue weighted by Crippen LogP contribution is 2.19. The van der Waals surface area contributed by atoms with E-state index in [-0.39, 0.29) is 13.2 Å². The van der Waals surface area contributed by atoms with Gasteiger partial charge in [0.25, 0.3) is 0 Å². The second-order valence-electron chi connectivity index (χ2n) is 4.72. The molecule has 2 aromatic rings. The number of aliphatic hydroxyl groups excluding tert-OH is 1. The molecule has 0 saturated heterocycles. The summed E-state index contributed by atoms with van der Waals surface area (Å²) in [6.45, 7) is -0.0451. The SMILES string of the molecule is COc1cccc(C(CO)NC(=O)OCc2ccccc2)c1. The molecule has 22 heavy (non-hydrogen) atoms. The molecule has 0 aromatic heterocycles. The first-order valence-electron chi connectivity index (χ1n) is 6.95. The van der Waals surface area contributed by atoms with E-state index in [2.05, 4.69) is 5.32 Å². The Kier molecular flexibility index (Phi) is 5.80. The van der Waals surface area contributed by atoms with Crippen LogP contribution in [0.3, 0.4) is 0 Å². The molecule has 1 amide bonds. The van der Waals surface area contributed by atoms with E-state index < -0.39 is 12.1 Å². The Labute approximate surface area is 129 Å². The van der Waals surface area contributed by atoms with Crippen LogP contribution in [0.4, 0.5) is 4.79 Å². The molecule has 0 heterocycles. The highest BCUT2D eigenvalue weighted by Gasteiger charge is 2.15. The maximum absolute atomic E-state index is 11.8. The quantitative estimate of drug-likeness (QED) is 0.860. The Balaban J connectivity index is 1.93. The maximum Gasteiger partial charge on any atom is 0.408 e. The lowest BCUT2D eigenvalue weighted by atomic mass is 10.1. The van der Waals surface area contributed by atoms with E-state index in [0.29, 0.717) is 5.75 Å². The number of amides is 1. The molecule has 116 valence electrons. The molecule has 0 bridgehead atoms. The van der Waals surface area contributed by atoms with Gasteiger partial charge in [-0.25, -0.2) is 4.79 Å². The molecule has 1 atom stereocenters. The summed E-state index contributed by atoms with van der Waals surface area (Å²) in [6.07, 6.45) is -0.578. The van der Waals surface area contributed by atoms with Crippen LogP contribution in [0.2, 0.25) is 0 Å². The van der Waals surface area contributed by atoms with E-state index in [1.165, 1.54) is 0 Å². The van der Waals surface area contributed by atoms with E-state index >= 15 is 0 Å². The van der Waals surface area contributed by atoms with Crippen molar-refractivity contribution in [1.82, 2.24) is 5.32 Å². The highest BCUT2D eigenvalue weighted by atomic mass is 16.5. The summed E-state index contributed by atoms with van der Waals surface area (Å²) in [6, 6.07) is 16.0. The van der Waals surface area contributed by atoms with Gasteiger partial charge in [0, 0.05) is 0 Å². The maximum atomic E-state index is 11.8. The zero-order valence-corrected chi connectivity index (χ0v) is 12.4. The Hall–Kier alpha value is -2.53. The van der Waals surface area contributed by atoms with Crippen molar-refractivity contribution in [2.45, 2.75) is 12.6 Å². The van der Waals surface area contributed by atoms with Gasteiger partial charge in [0.2, 0.25) is 0 Å². The van der Waals surface area contributed by atoms with Crippen LogP contribution >= 0.6 is 0 Å². The fraction of sp³-hybridized carbons (Fsp3) is 0.235. The van der Waals surface area contributed by atoms with Crippen molar-refractivity contribution >= 4 is 6.09 Å². The van der Waals surface area contributed by atoms with Crippen molar-refractivity contribution in [3.8, 4) is 5.75 Å². The number of nitrogens with one attached hydrogen (secondary N) is 1. The van der Waals surface area contributed by atoms with Gasteiger partial charge in [-0.3, -0.25) is 0 Å². The van der Waals surface area contributed by atoms with Gasteiger partial charge < -0.3 is 19.9 Å². The van der Waals surface area contributed by atoms with Crippen molar-refractivity contribution in [2.24, 2.45) is 0 Å². The van der Waals surface area contributed by atoms with Crippen LogP contribution < -0.4 is 10.1 Å². The van der Waals surface area contributed by atoms with Crippen molar-refractivity contribution in [3.63, 3.8) is 0 Å². The third-order valence-electron chi connectivity index (χ3n) is 3.18. The van der Waals surface area contributed by atoms with Gasteiger partial charge in [-0.05, 0) is 23.3 Å². The minimum atomic E-state index is -0.578. The highest BCUT2D eigenvalue weighted by molar-refractivity contribution is 5.68. The van der Waals surface area contributed by atoms with Gasteiger partial charge in [-0.2, -0.15) is 0 Å². The summed E-state index contributed by atoms with van der Waals surface area (Å²) in [5, 5.41) is 12.1. The largest absolute Gasteiger partial charge is 0.497 e. The number of benzene rings is 2. The summed E-state index contributed by atoms with van der Waals surface area (Å²) < 4.78 is 10.3. The fourth-order valence-electron chi connectivity index (χ4n) is 2.00. The van der Waals surface area contributed by atoms with Crippen LogP contribution in [0.1, 0.15) is 17.2 Å². The molecule has 5 heteroatoms. The summed E-state index contributed by atoms with van der Waals surface area (Å²) in [7, 11) is 1.56. The minimum absolute atomic E-state index is 0.183. The van der Waals surface area contributed by atoms with Crippen LogP contribution in [-0.2, 0) is 11.3 Å². The van der Waals surface area contributed by atoms with Gasteiger partial charge >= 0.3 is 6.09 Å². The molecule has 0 spiro atoms. The lowest BCUT2D eigenvalue weighted by Gasteiger charge is -2.17. The molecule has 1 unspecified atom stereocenters. The number of hydrogen-bond acceptors (Lipinski definition) is 4. The van der Waals surface area contributed by atoms with E-state index in [1.54, 1.807) is 31.4 Å². The monoisotopic (exact) mass is 301 g/mol. The van der Waals surface area contributed by atoms with Crippen LogP contribution in [0, 0.1) is 0 Å². The zero-order chi connectivity index (χ0) is 15.8. The lowest BCUT2D eigenvalue weighted by Crippen LogP contribution is -2.31. The van der Waals surface area contributed by atoms with Gasteiger partial charge in [0.05, 0.1) is 19.8 Å². The van der Waals surface area contributed by atoms with Gasteiger partial charge in [-0.1, -0.05) is 42.5 Å². The van der Waals surface area contributed by atoms with Crippen molar-refractivity contribution in [3.05, 3.63) is 65.7 Å². The molecule has 2 aromatic carbocycles. The number of aliphatic hydroxyl groups is 1. The third-order valence-corrected chi connectivity index (χ3v) is 3.18.